The van der Waals surface area contributed by atoms with E-state index in [4.69, 9.17) is 4.74 Å². The molecule has 3 nitrogen and oxygen atoms in total. The first-order chi connectivity index (χ1) is 9.76. The van der Waals surface area contributed by atoms with Gasteiger partial charge in [-0.3, -0.25) is 4.79 Å². The zero-order valence-corrected chi connectivity index (χ0v) is 12.5. The van der Waals surface area contributed by atoms with Gasteiger partial charge in [0.25, 0.3) is 0 Å². The molecule has 4 aliphatic rings. The highest BCUT2D eigenvalue weighted by atomic mass is 19.3. The number of alkyl halides is 2. The number of carbonyl (C=O) groups excluding carboxylic acids is 2. The smallest absolute Gasteiger partial charge is 0.381 e. The third-order valence-corrected chi connectivity index (χ3v) is 5.94. The standard InChI is InChI=1S/C16H22F2O3/c1-3-16(21-14(20)13(19)15(2,17)18)11-5-9-4-10(7-11)8-12(16)6-9/h9-12H,3-8H2,1-2H3. The van der Waals surface area contributed by atoms with Crippen molar-refractivity contribution < 1.29 is 23.1 Å². The number of esters is 1. The van der Waals surface area contributed by atoms with Crippen molar-refractivity contribution in [3.05, 3.63) is 0 Å². The summed E-state index contributed by atoms with van der Waals surface area (Å²) in [5, 5.41) is 0. The van der Waals surface area contributed by atoms with Gasteiger partial charge in [-0.05, 0) is 62.2 Å². The average Bonchev–Trinajstić information content (AvgIpc) is 2.40. The van der Waals surface area contributed by atoms with E-state index in [1.54, 1.807) is 0 Å². The van der Waals surface area contributed by atoms with Crippen LogP contribution < -0.4 is 0 Å². The molecule has 21 heavy (non-hydrogen) atoms. The lowest BCUT2D eigenvalue weighted by molar-refractivity contribution is -0.213. The molecule has 0 amide bonds. The molecule has 0 aliphatic heterocycles. The molecule has 0 aromatic rings. The maximum atomic E-state index is 13.1. The van der Waals surface area contributed by atoms with Gasteiger partial charge < -0.3 is 4.74 Å². The Hall–Kier alpha value is -1.00. The Morgan fingerprint density at radius 3 is 1.95 bits per heavy atom. The van der Waals surface area contributed by atoms with Gasteiger partial charge in [0, 0.05) is 6.92 Å². The van der Waals surface area contributed by atoms with Crippen LogP contribution in [0, 0.1) is 23.7 Å². The van der Waals surface area contributed by atoms with Crippen LogP contribution in [0.15, 0.2) is 0 Å². The molecule has 118 valence electrons. The SMILES string of the molecule is CCC1(OC(=O)C(=O)C(C)(F)F)C2CC3CC(C2)CC1C3. The third kappa shape index (κ3) is 2.29. The zero-order chi connectivity index (χ0) is 15.4. The van der Waals surface area contributed by atoms with Gasteiger partial charge in [0.15, 0.2) is 0 Å². The monoisotopic (exact) mass is 300 g/mol. The second-order valence-corrected chi connectivity index (χ2v) is 7.22. The molecule has 0 spiro atoms. The van der Waals surface area contributed by atoms with E-state index in [-0.39, 0.29) is 11.8 Å². The van der Waals surface area contributed by atoms with Crippen molar-refractivity contribution in [1.82, 2.24) is 0 Å². The van der Waals surface area contributed by atoms with Gasteiger partial charge >= 0.3 is 17.7 Å². The molecule has 4 bridgehead atoms. The Kier molecular flexibility index (Phi) is 3.37. The molecule has 0 heterocycles. The first-order valence-corrected chi connectivity index (χ1v) is 7.91. The Morgan fingerprint density at radius 1 is 1.10 bits per heavy atom. The molecule has 5 heteroatoms. The molecule has 0 radical (unpaired) electrons. The van der Waals surface area contributed by atoms with Crippen molar-refractivity contribution >= 4 is 11.8 Å². The predicted molar refractivity (Wildman–Crippen MR) is 71.8 cm³/mol. The summed E-state index contributed by atoms with van der Waals surface area (Å²) in [5.74, 6) is -4.87. The molecule has 4 rings (SSSR count). The Bertz CT molecular complexity index is 439. The molecule has 4 fully saturated rings. The largest absolute Gasteiger partial charge is 0.453 e. The Balaban J connectivity index is 1.82. The van der Waals surface area contributed by atoms with Crippen LogP contribution in [0.2, 0.25) is 0 Å². The van der Waals surface area contributed by atoms with Gasteiger partial charge in [-0.25, -0.2) is 4.79 Å². The van der Waals surface area contributed by atoms with E-state index in [9.17, 15) is 18.4 Å². The molecular weight excluding hydrogens is 278 g/mol. The van der Waals surface area contributed by atoms with Crippen LogP contribution in [0.25, 0.3) is 0 Å². The van der Waals surface area contributed by atoms with E-state index < -0.39 is 23.3 Å². The van der Waals surface area contributed by atoms with Crippen molar-refractivity contribution in [2.75, 3.05) is 0 Å². The highest BCUT2D eigenvalue weighted by molar-refractivity contribution is 6.36. The summed E-state index contributed by atoms with van der Waals surface area (Å²) in [6.07, 6.45) is 5.88. The van der Waals surface area contributed by atoms with Crippen molar-refractivity contribution in [2.45, 2.75) is 63.9 Å². The zero-order valence-electron chi connectivity index (χ0n) is 12.5. The third-order valence-electron chi connectivity index (χ3n) is 5.94. The van der Waals surface area contributed by atoms with Crippen LogP contribution in [-0.4, -0.2) is 23.3 Å². The van der Waals surface area contributed by atoms with E-state index in [1.807, 2.05) is 6.92 Å². The van der Waals surface area contributed by atoms with Crippen LogP contribution in [0.5, 0.6) is 0 Å². The first-order valence-electron chi connectivity index (χ1n) is 7.91. The number of ether oxygens (including phenoxy) is 1. The molecule has 0 atom stereocenters. The second kappa shape index (κ2) is 4.75. The lowest BCUT2D eigenvalue weighted by Crippen LogP contribution is -2.60. The molecule has 0 unspecified atom stereocenters. The maximum Gasteiger partial charge on any atom is 0.381 e. The van der Waals surface area contributed by atoms with Crippen molar-refractivity contribution in [2.24, 2.45) is 23.7 Å². The Labute approximate surface area is 123 Å². The van der Waals surface area contributed by atoms with Crippen molar-refractivity contribution in [3.8, 4) is 0 Å². The van der Waals surface area contributed by atoms with Crippen LogP contribution in [-0.2, 0) is 14.3 Å². The minimum atomic E-state index is -3.65. The molecule has 4 saturated carbocycles. The van der Waals surface area contributed by atoms with Gasteiger partial charge in [-0.2, -0.15) is 8.78 Å². The number of hydrogen-bond acceptors (Lipinski definition) is 3. The normalized spacial score (nSPS) is 41.1. The minimum absolute atomic E-state index is 0.237. The molecule has 0 aromatic heterocycles. The molecule has 0 aromatic carbocycles. The lowest BCUT2D eigenvalue weighted by atomic mass is 9.49. The summed E-state index contributed by atoms with van der Waals surface area (Å²) in [5.41, 5.74) is -0.689. The molecular formula is C16H22F2O3. The second-order valence-electron chi connectivity index (χ2n) is 7.22. The van der Waals surface area contributed by atoms with Crippen molar-refractivity contribution in [3.63, 3.8) is 0 Å². The molecule has 0 N–H and O–H groups in total. The summed E-state index contributed by atoms with van der Waals surface area (Å²) in [4.78, 5) is 23.4. The van der Waals surface area contributed by atoms with Gasteiger partial charge in [0.2, 0.25) is 0 Å². The van der Waals surface area contributed by atoms with Gasteiger partial charge in [0.05, 0.1) is 0 Å². The fourth-order valence-corrected chi connectivity index (χ4v) is 5.20. The van der Waals surface area contributed by atoms with Gasteiger partial charge in [-0.1, -0.05) is 6.92 Å². The number of hydrogen-bond donors (Lipinski definition) is 0. The van der Waals surface area contributed by atoms with Crippen molar-refractivity contribution in [1.29, 1.82) is 0 Å². The number of ketones is 1. The van der Waals surface area contributed by atoms with Crippen LogP contribution in [0.1, 0.15) is 52.4 Å². The summed E-state index contributed by atoms with van der Waals surface area (Å²) in [6.45, 7) is 2.39. The number of carbonyl (C=O) groups is 2. The van der Waals surface area contributed by atoms with Crippen LogP contribution >= 0.6 is 0 Å². The average molecular weight is 300 g/mol. The number of rotatable bonds is 4. The van der Waals surface area contributed by atoms with Gasteiger partial charge in [-0.15, -0.1) is 0 Å². The fourth-order valence-electron chi connectivity index (χ4n) is 5.20. The van der Waals surface area contributed by atoms with Crippen LogP contribution in [0.3, 0.4) is 0 Å². The summed E-state index contributed by atoms with van der Waals surface area (Å²) in [6, 6.07) is 0. The molecule has 4 aliphatic carbocycles. The summed E-state index contributed by atoms with van der Waals surface area (Å²) >= 11 is 0. The van der Waals surface area contributed by atoms with E-state index in [0.29, 0.717) is 25.2 Å². The molecule has 0 saturated heterocycles. The topological polar surface area (TPSA) is 43.4 Å². The predicted octanol–water partition coefficient (Wildman–Crippen LogP) is 3.36. The summed E-state index contributed by atoms with van der Waals surface area (Å²) < 4.78 is 31.6. The summed E-state index contributed by atoms with van der Waals surface area (Å²) in [7, 11) is 0. The minimum Gasteiger partial charge on any atom is -0.453 e. The van der Waals surface area contributed by atoms with E-state index >= 15 is 0 Å². The highest BCUT2D eigenvalue weighted by Gasteiger charge is 2.59. The number of halogens is 2. The quantitative estimate of drug-likeness (QED) is 0.590. The first kappa shape index (κ1) is 14.9. The van der Waals surface area contributed by atoms with E-state index in [0.717, 1.165) is 25.7 Å². The number of Topliss-reactive ketones (excluding diaryl/α,β-unsaturated/α-hetero) is 1. The van der Waals surface area contributed by atoms with Gasteiger partial charge in [0.1, 0.15) is 5.60 Å². The van der Waals surface area contributed by atoms with E-state index in [1.165, 1.54) is 6.42 Å². The van der Waals surface area contributed by atoms with E-state index in [2.05, 4.69) is 0 Å². The Morgan fingerprint density at radius 2 is 1.57 bits per heavy atom. The fraction of sp³-hybridized carbons (Fsp3) is 0.875. The van der Waals surface area contributed by atoms with Crippen LogP contribution in [0.4, 0.5) is 8.78 Å². The maximum absolute atomic E-state index is 13.1. The lowest BCUT2D eigenvalue weighted by Gasteiger charge is -2.60. The highest BCUT2D eigenvalue weighted by Crippen LogP contribution is 2.60.